The molecule has 72 heavy (non-hydrogen) atoms. The molecule has 8 rings (SSSR count). The van der Waals surface area contributed by atoms with Gasteiger partial charge in [0.2, 0.25) is 0 Å². The van der Waals surface area contributed by atoms with E-state index in [2.05, 4.69) is 45.6 Å². The number of aliphatic hydroxyl groups is 2. The fraction of sp³-hybridized carbons (Fsp3) is 0.732. The molecule has 6 heterocycles. The highest BCUT2D eigenvalue weighted by atomic mass is 35.5. The van der Waals surface area contributed by atoms with Crippen LogP contribution in [0, 0.1) is 23.7 Å². The molecular formula is C56H81Cl2NO13. The first-order chi connectivity index (χ1) is 34.3. The highest BCUT2D eigenvalue weighted by Crippen LogP contribution is 2.48. The Labute approximate surface area is 437 Å². The molecule has 16 heteroatoms. The van der Waals surface area contributed by atoms with Crippen LogP contribution in [-0.4, -0.2) is 146 Å². The number of likely N-dealkylation sites (N-methyl/N-ethyl adjacent to an activating group) is 1. The van der Waals surface area contributed by atoms with Gasteiger partial charge in [-0.1, -0.05) is 87.7 Å². The van der Waals surface area contributed by atoms with Gasteiger partial charge in [0.25, 0.3) is 0 Å². The molecule has 0 radical (unpaired) electrons. The number of carbonyl (C=O) groups is 1. The Morgan fingerprint density at radius 3 is 2.40 bits per heavy atom. The van der Waals surface area contributed by atoms with Crippen molar-refractivity contribution in [3.8, 4) is 0 Å². The zero-order chi connectivity index (χ0) is 51.8. The van der Waals surface area contributed by atoms with Gasteiger partial charge < -0.3 is 57.6 Å². The van der Waals surface area contributed by atoms with E-state index in [0.29, 0.717) is 78.1 Å². The van der Waals surface area contributed by atoms with Crippen LogP contribution in [0.2, 0.25) is 10.0 Å². The van der Waals surface area contributed by atoms with Crippen LogP contribution in [-0.2, 0) is 58.7 Å². The van der Waals surface area contributed by atoms with Gasteiger partial charge in [-0.05, 0) is 99.9 Å². The number of nitrogens with zero attached hydrogens (tertiary/aromatic N) is 1. The van der Waals surface area contributed by atoms with E-state index in [1.165, 1.54) is 0 Å². The average molecular weight is 1050 g/mol. The summed E-state index contributed by atoms with van der Waals surface area (Å²) in [6.07, 6.45) is 7.85. The molecule has 0 saturated carbocycles. The Bertz CT molecular complexity index is 2170. The van der Waals surface area contributed by atoms with E-state index in [4.69, 9.17) is 70.6 Å². The minimum absolute atomic E-state index is 0.0136. The standard InChI is InChI=1S/C56H81Cl2NO13/c1-12-30(2)51-33(5)20-21-55(72-51)27-41-24-40(71-55)18-16-32(4)50(31(3)14-13-15-38-29-65-53-49(60)34(6)22-42(54(61)68-41)56(38,53)62)69-47-26-45(64-11)52(36(8)67-47)70-46-25-44(63-10)48(35(7)66-46)59(9)28-37-23-39(57)17-19-43(37)58/h13-17,19,22-23,30-31,33,35-36,40-42,44-53,60,62H,12,18,20-21,24-29H2,1-11H3/b14-13+,32-16+,38-15+/t30?,31-,33-,35-,36-,40?,41?,42-,44-,45-,46-,47-,48+,49+,50-,51+,52-,53?,55?,56+/m0/s1. The van der Waals surface area contributed by atoms with Gasteiger partial charge in [-0.25, -0.2) is 0 Å². The molecule has 2 bridgehead atoms. The summed E-state index contributed by atoms with van der Waals surface area (Å²) in [6, 6.07) is 5.40. The molecule has 1 aromatic rings. The number of carbonyl (C=O) groups excluding carboxylic acids is 1. The maximum atomic E-state index is 14.5. The average Bonchev–Trinajstić information content (AvgIpc) is 3.68. The predicted octanol–water partition coefficient (Wildman–Crippen LogP) is 9.05. The number of halogens is 2. The molecule has 14 nitrogen and oxygen atoms in total. The zero-order valence-electron chi connectivity index (χ0n) is 44.2. The van der Waals surface area contributed by atoms with Crippen molar-refractivity contribution in [2.75, 3.05) is 27.9 Å². The lowest BCUT2D eigenvalue weighted by molar-refractivity contribution is -0.340. The van der Waals surface area contributed by atoms with Crippen molar-refractivity contribution < 1.29 is 62.4 Å². The molecule has 1 aromatic carbocycles. The number of benzene rings is 1. The van der Waals surface area contributed by atoms with Gasteiger partial charge in [0.05, 0.1) is 55.4 Å². The summed E-state index contributed by atoms with van der Waals surface area (Å²) in [5.74, 6) is -2.14. The Balaban J connectivity index is 1.02. The Morgan fingerprint density at radius 1 is 0.944 bits per heavy atom. The van der Waals surface area contributed by atoms with E-state index in [-0.39, 0.29) is 49.1 Å². The third-order valence-corrected chi connectivity index (χ3v) is 17.5. The second kappa shape index (κ2) is 23.6. The number of allylic oxidation sites excluding steroid dienone is 2. The quantitative estimate of drug-likeness (QED) is 0.160. The minimum Gasteiger partial charge on any atom is -0.462 e. The smallest absolute Gasteiger partial charge is 0.316 e. The maximum Gasteiger partial charge on any atom is 0.316 e. The van der Waals surface area contributed by atoms with Gasteiger partial charge in [-0.3, -0.25) is 9.69 Å². The number of methoxy groups -OCH3 is 2. The number of esters is 1. The van der Waals surface area contributed by atoms with Crippen LogP contribution >= 0.6 is 23.2 Å². The Hall–Kier alpha value is -2.25. The fourth-order valence-electron chi connectivity index (χ4n) is 12.6. The fourth-order valence-corrected chi connectivity index (χ4v) is 13.0. The summed E-state index contributed by atoms with van der Waals surface area (Å²) >= 11 is 12.9. The highest BCUT2D eigenvalue weighted by molar-refractivity contribution is 6.33. The lowest BCUT2D eigenvalue weighted by atomic mass is 9.71. The van der Waals surface area contributed by atoms with Crippen molar-refractivity contribution in [3.63, 3.8) is 0 Å². The second-order valence-corrected chi connectivity index (χ2v) is 22.8. The summed E-state index contributed by atoms with van der Waals surface area (Å²) in [4.78, 5) is 16.6. The second-order valence-electron chi connectivity index (χ2n) is 22.0. The largest absolute Gasteiger partial charge is 0.462 e. The van der Waals surface area contributed by atoms with Gasteiger partial charge >= 0.3 is 5.97 Å². The number of ether oxygens (including phenoxy) is 10. The number of fused-ring (bicyclic) bond motifs is 2. The summed E-state index contributed by atoms with van der Waals surface area (Å²) < 4.78 is 65.9. The topological polar surface area (TPSA) is 153 Å². The molecule has 402 valence electrons. The van der Waals surface area contributed by atoms with Crippen LogP contribution < -0.4 is 0 Å². The molecule has 1 spiro atoms. The van der Waals surface area contributed by atoms with E-state index in [9.17, 15) is 15.0 Å². The first kappa shape index (κ1) is 56.0. The van der Waals surface area contributed by atoms with E-state index < -0.39 is 72.5 Å². The van der Waals surface area contributed by atoms with Crippen molar-refractivity contribution in [3.05, 3.63) is 80.9 Å². The Kier molecular flexibility index (Phi) is 18.3. The van der Waals surface area contributed by atoms with Crippen LogP contribution in [0.15, 0.2) is 65.3 Å². The third kappa shape index (κ3) is 11.8. The molecule has 0 amide bonds. The van der Waals surface area contributed by atoms with Gasteiger partial charge in [0.1, 0.15) is 35.9 Å². The van der Waals surface area contributed by atoms with Crippen molar-refractivity contribution >= 4 is 29.2 Å². The van der Waals surface area contributed by atoms with Crippen LogP contribution in [0.3, 0.4) is 0 Å². The van der Waals surface area contributed by atoms with Crippen molar-refractivity contribution in [1.82, 2.24) is 4.90 Å². The molecule has 0 aromatic heterocycles. The van der Waals surface area contributed by atoms with Gasteiger partial charge in [-0.2, -0.15) is 0 Å². The first-order valence-corrected chi connectivity index (χ1v) is 27.2. The van der Waals surface area contributed by atoms with Gasteiger partial charge in [0, 0.05) is 68.8 Å². The third-order valence-electron chi connectivity index (χ3n) is 16.9. The molecule has 5 unspecified atom stereocenters. The van der Waals surface area contributed by atoms with E-state index in [1.807, 2.05) is 45.2 Å². The normalized spacial score (nSPS) is 44.2. The number of hydrogen-bond donors (Lipinski definition) is 2. The van der Waals surface area contributed by atoms with Crippen LogP contribution in [0.5, 0.6) is 0 Å². The summed E-state index contributed by atoms with van der Waals surface area (Å²) in [5.41, 5.74) is 1.11. The molecule has 5 saturated heterocycles. The van der Waals surface area contributed by atoms with Crippen molar-refractivity contribution in [2.24, 2.45) is 23.7 Å². The molecule has 6 aliphatic heterocycles. The molecule has 5 fully saturated rings. The molecule has 20 atom stereocenters. The number of rotatable bonds is 11. The summed E-state index contributed by atoms with van der Waals surface area (Å²) in [6.45, 7) is 17.2. The van der Waals surface area contributed by atoms with Crippen molar-refractivity contribution in [2.45, 2.75) is 210 Å². The molecule has 2 N–H and O–H groups in total. The molecular weight excluding hydrogens is 966 g/mol. The first-order valence-electron chi connectivity index (χ1n) is 26.4. The van der Waals surface area contributed by atoms with E-state index >= 15 is 0 Å². The maximum absolute atomic E-state index is 14.5. The van der Waals surface area contributed by atoms with E-state index in [1.54, 1.807) is 39.4 Å². The number of aliphatic hydroxyl groups excluding tert-OH is 1. The summed E-state index contributed by atoms with van der Waals surface area (Å²) in [5, 5.41) is 25.2. The SMILES string of the molecule is CCC(C)[C@H]1OC2(CC[C@@H]1C)CC1CC(C/C=C(\C)[C@@H](O[C@H]3C[C@H](OC)[C@@H](O[C@H]4C[C@H](OC)[C@H](N(C)Cc5cc(Cl)ccc5Cl)[C@H](C)O4)[C@H](C)O3)[C@@H](C)/C=C/C=C3\COC4[C@H](O)C(C)=C[C@@H](C(=O)O1)[C@]34O)O2. The number of hydrogen-bond acceptors (Lipinski definition) is 14. The lowest BCUT2D eigenvalue weighted by Gasteiger charge is -2.51. The molecule has 1 aliphatic carbocycles. The van der Waals surface area contributed by atoms with E-state index in [0.717, 1.165) is 24.0 Å². The minimum atomic E-state index is -1.83. The highest BCUT2D eigenvalue weighted by Gasteiger charge is 2.60. The predicted molar refractivity (Wildman–Crippen MR) is 273 cm³/mol. The van der Waals surface area contributed by atoms with Crippen LogP contribution in [0.25, 0.3) is 0 Å². The monoisotopic (exact) mass is 1050 g/mol. The zero-order valence-corrected chi connectivity index (χ0v) is 45.7. The van der Waals surface area contributed by atoms with Gasteiger partial charge in [0.15, 0.2) is 18.4 Å². The lowest BCUT2D eigenvalue weighted by Crippen LogP contribution is -2.58. The summed E-state index contributed by atoms with van der Waals surface area (Å²) in [7, 11) is 5.43. The Morgan fingerprint density at radius 2 is 1.67 bits per heavy atom. The van der Waals surface area contributed by atoms with Crippen LogP contribution in [0.1, 0.15) is 112 Å². The van der Waals surface area contributed by atoms with Gasteiger partial charge in [-0.15, -0.1) is 0 Å². The van der Waals surface area contributed by atoms with Crippen LogP contribution in [0.4, 0.5) is 0 Å². The van der Waals surface area contributed by atoms with Crippen molar-refractivity contribution in [1.29, 1.82) is 0 Å². The molecule has 7 aliphatic rings.